The summed E-state index contributed by atoms with van der Waals surface area (Å²) in [4.78, 5) is 43.8. The monoisotopic (exact) mass is 329 g/mol. The van der Waals surface area contributed by atoms with Gasteiger partial charge in [-0.25, -0.2) is 0 Å². The van der Waals surface area contributed by atoms with Crippen molar-refractivity contribution in [3.63, 3.8) is 0 Å². The molecule has 0 aliphatic carbocycles. The van der Waals surface area contributed by atoms with E-state index in [0.29, 0.717) is 0 Å². The number of carbonyl (C=O) groups is 4. The van der Waals surface area contributed by atoms with Gasteiger partial charge in [0, 0.05) is 42.6 Å². The van der Waals surface area contributed by atoms with Crippen LogP contribution in [0.4, 0.5) is 0 Å². The molecule has 0 radical (unpaired) electrons. The van der Waals surface area contributed by atoms with Gasteiger partial charge in [0.2, 0.25) is 0 Å². The van der Waals surface area contributed by atoms with Gasteiger partial charge in [-0.3, -0.25) is 4.79 Å². The van der Waals surface area contributed by atoms with Gasteiger partial charge in [0.05, 0.1) is 12.2 Å². The molecule has 0 bridgehead atoms. The Bertz CT molecular complexity index is 500. The number of hydrogen-bond donors (Lipinski definition) is 0. The third-order valence-corrected chi connectivity index (χ3v) is 4.09. The second-order valence-electron chi connectivity index (χ2n) is 5.78. The summed E-state index contributed by atoms with van der Waals surface area (Å²) < 4.78 is 10.3. The Hall–Kier alpha value is -2.16. The Morgan fingerprint density at radius 1 is 1.04 bits per heavy atom. The highest BCUT2D eigenvalue weighted by Crippen LogP contribution is 2.48. The molecule has 0 spiro atoms. The van der Waals surface area contributed by atoms with E-state index in [0.717, 1.165) is 6.92 Å². The van der Waals surface area contributed by atoms with Crippen LogP contribution < -0.4 is 15.3 Å². The molecule has 0 aromatic carbocycles. The normalized spacial score (nSPS) is 29.9. The Labute approximate surface area is 132 Å². The molecule has 1 fully saturated rings. The molecule has 0 amide bonds. The summed E-state index contributed by atoms with van der Waals surface area (Å²) in [5, 5.41) is 32.9. The minimum atomic E-state index is -1.48. The third-order valence-electron chi connectivity index (χ3n) is 4.09. The van der Waals surface area contributed by atoms with Crippen LogP contribution in [0.2, 0.25) is 0 Å². The number of carboxylic acids is 3. The van der Waals surface area contributed by atoms with Gasteiger partial charge in [-0.15, -0.1) is 0 Å². The lowest BCUT2D eigenvalue weighted by molar-refractivity contribution is -0.314. The van der Waals surface area contributed by atoms with E-state index in [9.17, 15) is 34.5 Å². The first-order valence-electron chi connectivity index (χ1n) is 6.94. The Kier molecular flexibility index (Phi) is 6.08. The lowest BCUT2D eigenvalue weighted by Crippen LogP contribution is -2.44. The Morgan fingerprint density at radius 3 is 2.04 bits per heavy atom. The van der Waals surface area contributed by atoms with E-state index in [1.54, 1.807) is 0 Å². The van der Waals surface area contributed by atoms with Crippen molar-refractivity contribution >= 4 is 23.9 Å². The minimum absolute atomic E-state index is 0.320. The molecule has 9 nitrogen and oxygen atoms in total. The maximum absolute atomic E-state index is 11.0. The first-order chi connectivity index (χ1) is 10.6. The summed E-state index contributed by atoms with van der Waals surface area (Å²) in [6.45, 7) is 2.22. The maximum Gasteiger partial charge on any atom is 0.302 e. The number of rotatable bonds is 8. The fourth-order valence-electron chi connectivity index (χ4n) is 3.01. The first kappa shape index (κ1) is 18.9. The Morgan fingerprint density at radius 2 is 1.61 bits per heavy atom. The van der Waals surface area contributed by atoms with Crippen LogP contribution in [0, 0.1) is 11.3 Å². The molecule has 3 unspecified atom stereocenters. The van der Waals surface area contributed by atoms with Gasteiger partial charge < -0.3 is 39.2 Å². The van der Waals surface area contributed by atoms with E-state index in [1.807, 2.05) is 0 Å². The zero-order valence-electron chi connectivity index (χ0n) is 12.7. The molecule has 0 aromatic heterocycles. The number of carboxylic acid groups (broad SMARTS) is 3. The number of esters is 1. The topological polar surface area (TPSA) is 156 Å². The molecule has 0 N–H and O–H groups in total. The van der Waals surface area contributed by atoms with Crippen LogP contribution in [0.5, 0.6) is 0 Å². The number of aliphatic carboxylic acids is 3. The van der Waals surface area contributed by atoms with E-state index in [4.69, 9.17) is 9.47 Å². The standard InChI is InChI=1S/C14H20O9/c1-7(15)22-6-9-8(3-11(16)17)14(2,5-13(20)21)10(23-9)4-12(18)19/h8-10H,3-6H2,1-2H3,(H,16,17)(H,18,19)(H,20,21)/p-3/t8?,9?,10?,14-/m1/s1. The second-order valence-corrected chi connectivity index (χ2v) is 5.78. The predicted molar refractivity (Wildman–Crippen MR) is 65.8 cm³/mol. The van der Waals surface area contributed by atoms with E-state index >= 15 is 0 Å². The number of ether oxygens (including phenoxy) is 2. The zero-order valence-corrected chi connectivity index (χ0v) is 12.7. The van der Waals surface area contributed by atoms with Crippen molar-refractivity contribution in [2.75, 3.05) is 6.61 Å². The highest BCUT2D eigenvalue weighted by molar-refractivity contribution is 5.69. The van der Waals surface area contributed by atoms with Crippen LogP contribution >= 0.6 is 0 Å². The first-order valence-corrected chi connectivity index (χ1v) is 6.94. The van der Waals surface area contributed by atoms with Gasteiger partial charge in [0.25, 0.3) is 0 Å². The fraction of sp³-hybridized carbons (Fsp3) is 0.714. The van der Waals surface area contributed by atoms with E-state index in [1.165, 1.54) is 6.92 Å². The second kappa shape index (κ2) is 7.40. The highest BCUT2D eigenvalue weighted by Gasteiger charge is 2.53. The number of hydrogen-bond acceptors (Lipinski definition) is 9. The summed E-state index contributed by atoms with van der Waals surface area (Å²) in [5.41, 5.74) is -1.34. The predicted octanol–water partition coefficient (Wildman–Crippen LogP) is -3.64. The van der Waals surface area contributed by atoms with E-state index in [2.05, 4.69) is 0 Å². The molecule has 1 aliphatic rings. The lowest BCUT2D eigenvalue weighted by Gasteiger charge is -2.36. The number of carbonyl (C=O) groups excluding carboxylic acids is 4. The maximum atomic E-state index is 11.0. The molecular weight excluding hydrogens is 312 g/mol. The quantitative estimate of drug-likeness (QED) is 0.410. The zero-order chi connectivity index (χ0) is 17.8. The summed E-state index contributed by atoms with van der Waals surface area (Å²) in [6, 6.07) is 0. The van der Waals surface area contributed by atoms with Gasteiger partial charge in [0.1, 0.15) is 6.61 Å². The van der Waals surface area contributed by atoms with E-state index in [-0.39, 0.29) is 6.61 Å². The smallest absolute Gasteiger partial charge is 0.302 e. The lowest BCUT2D eigenvalue weighted by atomic mass is 9.68. The summed E-state index contributed by atoms with van der Waals surface area (Å²) in [7, 11) is 0. The highest BCUT2D eigenvalue weighted by atomic mass is 16.6. The van der Waals surface area contributed by atoms with Crippen LogP contribution in [0.25, 0.3) is 0 Å². The van der Waals surface area contributed by atoms with Crippen molar-refractivity contribution < 1.29 is 44.0 Å². The van der Waals surface area contributed by atoms with Gasteiger partial charge in [-0.2, -0.15) is 0 Å². The van der Waals surface area contributed by atoms with Crippen molar-refractivity contribution in [3.8, 4) is 0 Å². The summed E-state index contributed by atoms with van der Waals surface area (Å²) in [5.74, 6) is -5.96. The van der Waals surface area contributed by atoms with E-state index < -0.39 is 66.7 Å². The van der Waals surface area contributed by atoms with Crippen molar-refractivity contribution in [2.24, 2.45) is 11.3 Å². The average molecular weight is 329 g/mol. The summed E-state index contributed by atoms with van der Waals surface area (Å²) >= 11 is 0. The third kappa shape index (κ3) is 4.92. The summed E-state index contributed by atoms with van der Waals surface area (Å²) in [6.07, 6.45) is -3.89. The Balaban J connectivity index is 3.11. The molecule has 1 saturated heterocycles. The fourth-order valence-corrected chi connectivity index (χ4v) is 3.01. The molecule has 4 atom stereocenters. The van der Waals surface area contributed by atoms with Gasteiger partial charge >= 0.3 is 5.97 Å². The molecule has 23 heavy (non-hydrogen) atoms. The minimum Gasteiger partial charge on any atom is -0.550 e. The molecule has 9 heteroatoms. The largest absolute Gasteiger partial charge is 0.550 e. The van der Waals surface area contributed by atoms with Crippen molar-refractivity contribution in [1.82, 2.24) is 0 Å². The van der Waals surface area contributed by atoms with Crippen molar-refractivity contribution in [2.45, 2.75) is 45.3 Å². The van der Waals surface area contributed by atoms with Gasteiger partial charge in [-0.05, 0) is 12.8 Å². The molecule has 130 valence electrons. The molecule has 0 aromatic rings. The van der Waals surface area contributed by atoms with Crippen molar-refractivity contribution in [3.05, 3.63) is 0 Å². The molecule has 0 saturated carbocycles. The van der Waals surface area contributed by atoms with Crippen LogP contribution in [0.3, 0.4) is 0 Å². The molecule has 1 aliphatic heterocycles. The SMILES string of the molecule is CC(=O)OCC1OC(CC(=O)[O-])[C@](C)(CC(=O)[O-])C1CC(=O)[O-]. The van der Waals surface area contributed by atoms with Crippen LogP contribution in [-0.4, -0.2) is 42.7 Å². The van der Waals surface area contributed by atoms with Gasteiger partial charge in [0.15, 0.2) is 0 Å². The van der Waals surface area contributed by atoms with Crippen LogP contribution in [0.15, 0.2) is 0 Å². The van der Waals surface area contributed by atoms with Crippen LogP contribution in [-0.2, 0) is 28.7 Å². The van der Waals surface area contributed by atoms with Crippen LogP contribution in [0.1, 0.15) is 33.1 Å². The molecule has 1 heterocycles. The average Bonchev–Trinajstić information content (AvgIpc) is 2.59. The van der Waals surface area contributed by atoms with Crippen molar-refractivity contribution in [1.29, 1.82) is 0 Å². The molecular formula is C14H17O9-3. The van der Waals surface area contributed by atoms with Gasteiger partial charge in [-0.1, -0.05) is 6.92 Å². The molecule has 1 rings (SSSR count).